The predicted molar refractivity (Wildman–Crippen MR) is 138 cm³/mol. The van der Waals surface area contributed by atoms with Crippen LogP contribution in [0.2, 0.25) is 0 Å². The zero-order valence-corrected chi connectivity index (χ0v) is 21.1. The number of nitrogens with one attached hydrogen (secondary N) is 1. The second-order valence-electron chi connectivity index (χ2n) is 7.32. The normalized spacial score (nSPS) is 10.8. The lowest BCUT2D eigenvalue weighted by atomic mass is 10.1. The average Bonchev–Trinajstić information content (AvgIpc) is 2.88. The standard InChI is InChI=1S/C26H22BrN3O6/c1-3-35-24-13-18(12-19(15-28)26(31)29-20-6-10-22(34-2)11-7-20)23(27)14-25(24)36-16-17-4-8-21(9-5-17)30(32)33/h4-14H,3,16H2,1-2H3,(H,29,31)/b19-12+. The molecule has 0 fully saturated rings. The summed E-state index contributed by atoms with van der Waals surface area (Å²) in [6, 6.07) is 18.1. The van der Waals surface area contributed by atoms with Crippen molar-refractivity contribution in [1.82, 2.24) is 0 Å². The lowest BCUT2D eigenvalue weighted by Gasteiger charge is -2.14. The van der Waals surface area contributed by atoms with Crippen LogP contribution in [0.3, 0.4) is 0 Å². The van der Waals surface area contributed by atoms with Gasteiger partial charge in [-0.05, 0) is 72.7 Å². The van der Waals surface area contributed by atoms with E-state index in [1.165, 1.54) is 18.2 Å². The summed E-state index contributed by atoms with van der Waals surface area (Å²) in [5, 5.41) is 23.1. The fourth-order valence-corrected chi connectivity index (χ4v) is 3.53. The van der Waals surface area contributed by atoms with Crippen LogP contribution in [0.4, 0.5) is 11.4 Å². The minimum atomic E-state index is -0.564. The molecule has 0 bridgehead atoms. The van der Waals surface area contributed by atoms with Crippen molar-refractivity contribution in [3.63, 3.8) is 0 Å². The lowest BCUT2D eigenvalue weighted by molar-refractivity contribution is -0.384. The second-order valence-corrected chi connectivity index (χ2v) is 8.17. The summed E-state index contributed by atoms with van der Waals surface area (Å²) >= 11 is 3.46. The molecule has 0 aliphatic rings. The highest BCUT2D eigenvalue weighted by atomic mass is 79.9. The van der Waals surface area contributed by atoms with E-state index in [4.69, 9.17) is 14.2 Å². The van der Waals surface area contributed by atoms with Crippen LogP contribution < -0.4 is 19.5 Å². The predicted octanol–water partition coefficient (Wildman–Crippen LogP) is 5.89. The van der Waals surface area contributed by atoms with Gasteiger partial charge < -0.3 is 19.5 Å². The summed E-state index contributed by atoms with van der Waals surface area (Å²) in [5.74, 6) is 0.931. The molecule has 1 amide bonds. The first kappa shape index (κ1) is 26.2. The van der Waals surface area contributed by atoms with Crippen molar-refractivity contribution in [1.29, 1.82) is 5.26 Å². The van der Waals surface area contributed by atoms with Crippen LogP contribution in [0.1, 0.15) is 18.1 Å². The largest absolute Gasteiger partial charge is 0.497 e. The van der Waals surface area contributed by atoms with Gasteiger partial charge in [0.2, 0.25) is 0 Å². The maximum atomic E-state index is 12.7. The zero-order valence-electron chi connectivity index (χ0n) is 19.5. The topological polar surface area (TPSA) is 124 Å². The molecular formula is C26H22BrN3O6. The summed E-state index contributed by atoms with van der Waals surface area (Å²) in [4.78, 5) is 23.0. The Kier molecular flexibility index (Phi) is 9.02. The second kappa shape index (κ2) is 12.4. The molecule has 36 heavy (non-hydrogen) atoms. The number of halogens is 1. The van der Waals surface area contributed by atoms with E-state index in [2.05, 4.69) is 21.2 Å². The van der Waals surface area contributed by atoms with Crippen LogP contribution in [0.25, 0.3) is 6.08 Å². The summed E-state index contributed by atoms with van der Waals surface area (Å²) < 4.78 is 17.3. The van der Waals surface area contributed by atoms with Gasteiger partial charge in [-0.2, -0.15) is 5.26 Å². The SMILES string of the molecule is CCOc1cc(/C=C(\C#N)C(=O)Nc2ccc(OC)cc2)c(Br)cc1OCc1ccc([N+](=O)[O-])cc1. The van der Waals surface area contributed by atoms with Gasteiger partial charge in [0.05, 0.1) is 18.6 Å². The summed E-state index contributed by atoms with van der Waals surface area (Å²) in [6.45, 7) is 2.34. The van der Waals surface area contributed by atoms with Crippen LogP contribution in [-0.4, -0.2) is 24.5 Å². The summed E-state index contributed by atoms with van der Waals surface area (Å²) in [7, 11) is 1.55. The van der Waals surface area contributed by atoms with Gasteiger partial charge >= 0.3 is 0 Å². The number of rotatable bonds is 10. The third-order valence-electron chi connectivity index (χ3n) is 4.92. The van der Waals surface area contributed by atoms with Gasteiger partial charge in [-0.1, -0.05) is 15.9 Å². The number of benzene rings is 3. The summed E-state index contributed by atoms with van der Waals surface area (Å²) in [5.41, 5.74) is 1.70. The first-order chi connectivity index (χ1) is 17.3. The minimum absolute atomic E-state index is 0.00281. The Labute approximate surface area is 216 Å². The van der Waals surface area contributed by atoms with Crippen molar-refractivity contribution < 1.29 is 23.9 Å². The smallest absolute Gasteiger partial charge is 0.269 e. The van der Waals surface area contributed by atoms with E-state index >= 15 is 0 Å². The number of nitro benzene ring substituents is 1. The van der Waals surface area contributed by atoms with Crippen molar-refractivity contribution >= 4 is 39.3 Å². The third-order valence-corrected chi connectivity index (χ3v) is 5.60. The number of hydrogen-bond donors (Lipinski definition) is 1. The quantitative estimate of drug-likeness (QED) is 0.144. The Morgan fingerprint density at radius 3 is 2.36 bits per heavy atom. The molecule has 1 N–H and O–H groups in total. The van der Waals surface area contributed by atoms with E-state index in [1.54, 1.807) is 55.6 Å². The first-order valence-electron chi connectivity index (χ1n) is 10.7. The van der Waals surface area contributed by atoms with Crippen LogP contribution in [0, 0.1) is 21.4 Å². The number of nitro groups is 1. The van der Waals surface area contributed by atoms with Crippen LogP contribution in [-0.2, 0) is 11.4 Å². The van der Waals surface area contributed by atoms with Crippen molar-refractivity contribution in [3.05, 3.63) is 92.0 Å². The van der Waals surface area contributed by atoms with Crippen LogP contribution in [0.5, 0.6) is 17.2 Å². The van der Waals surface area contributed by atoms with Crippen molar-refractivity contribution in [2.45, 2.75) is 13.5 Å². The number of nitriles is 1. The fourth-order valence-electron chi connectivity index (χ4n) is 3.09. The lowest BCUT2D eigenvalue weighted by Crippen LogP contribution is -2.13. The molecule has 0 spiro atoms. The molecule has 0 heterocycles. The molecule has 0 aromatic heterocycles. The van der Waals surface area contributed by atoms with E-state index in [9.17, 15) is 20.2 Å². The Balaban J connectivity index is 1.80. The highest BCUT2D eigenvalue weighted by Gasteiger charge is 2.15. The van der Waals surface area contributed by atoms with E-state index in [1.807, 2.05) is 13.0 Å². The number of anilines is 1. The highest BCUT2D eigenvalue weighted by Crippen LogP contribution is 2.35. The van der Waals surface area contributed by atoms with E-state index < -0.39 is 10.8 Å². The Bertz CT molecular complexity index is 1320. The number of nitrogens with zero attached hydrogens (tertiary/aromatic N) is 2. The van der Waals surface area contributed by atoms with Crippen molar-refractivity contribution in [3.8, 4) is 23.3 Å². The maximum Gasteiger partial charge on any atom is 0.269 e. The number of hydrogen-bond acceptors (Lipinski definition) is 7. The van der Waals surface area contributed by atoms with Gasteiger partial charge in [0.15, 0.2) is 11.5 Å². The molecule has 0 saturated heterocycles. The van der Waals surface area contributed by atoms with Gasteiger partial charge in [0.25, 0.3) is 11.6 Å². The molecule has 0 unspecified atom stereocenters. The Morgan fingerprint density at radius 1 is 1.11 bits per heavy atom. The van der Waals surface area contributed by atoms with Gasteiger partial charge in [-0.25, -0.2) is 0 Å². The van der Waals surface area contributed by atoms with Gasteiger partial charge in [0.1, 0.15) is 24.0 Å². The number of ether oxygens (including phenoxy) is 3. The number of methoxy groups -OCH3 is 1. The molecule has 0 radical (unpaired) electrons. The molecule has 9 nitrogen and oxygen atoms in total. The maximum absolute atomic E-state index is 12.7. The number of carbonyl (C=O) groups excluding carboxylic acids is 1. The Hall–Kier alpha value is -4.36. The minimum Gasteiger partial charge on any atom is -0.497 e. The molecule has 3 aromatic rings. The van der Waals surface area contributed by atoms with Crippen molar-refractivity contribution in [2.24, 2.45) is 0 Å². The van der Waals surface area contributed by atoms with Crippen LogP contribution in [0.15, 0.2) is 70.7 Å². The molecular weight excluding hydrogens is 530 g/mol. The van der Waals surface area contributed by atoms with E-state index in [-0.39, 0.29) is 17.9 Å². The van der Waals surface area contributed by atoms with Crippen molar-refractivity contribution in [2.75, 3.05) is 19.0 Å². The fraction of sp³-hybridized carbons (Fsp3) is 0.154. The molecule has 0 aliphatic heterocycles. The molecule has 0 saturated carbocycles. The van der Waals surface area contributed by atoms with Gasteiger partial charge in [-0.3, -0.25) is 14.9 Å². The van der Waals surface area contributed by atoms with Gasteiger partial charge in [-0.15, -0.1) is 0 Å². The first-order valence-corrected chi connectivity index (χ1v) is 11.5. The number of non-ortho nitro benzene ring substituents is 1. The number of carbonyl (C=O) groups is 1. The molecule has 0 aliphatic carbocycles. The third kappa shape index (κ3) is 6.84. The molecule has 184 valence electrons. The highest BCUT2D eigenvalue weighted by molar-refractivity contribution is 9.10. The molecule has 3 rings (SSSR count). The molecule has 3 aromatic carbocycles. The molecule has 0 atom stereocenters. The zero-order chi connectivity index (χ0) is 26.1. The molecule has 10 heteroatoms. The van der Waals surface area contributed by atoms with Gasteiger partial charge in [0, 0.05) is 22.3 Å². The van der Waals surface area contributed by atoms with E-state index in [0.29, 0.717) is 39.6 Å². The average molecular weight is 552 g/mol. The van der Waals surface area contributed by atoms with Crippen LogP contribution >= 0.6 is 15.9 Å². The summed E-state index contributed by atoms with van der Waals surface area (Å²) in [6.07, 6.45) is 1.45. The van der Waals surface area contributed by atoms with E-state index in [0.717, 1.165) is 5.56 Å². The monoisotopic (exact) mass is 551 g/mol. The number of amides is 1. The Morgan fingerprint density at radius 2 is 1.78 bits per heavy atom.